The van der Waals surface area contributed by atoms with Crippen LogP contribution in [0.5, 0.6) is 0 Å². The average molecular weight is 437 g/mol. The minimum atomic E-state index is -1.59. The van der Waals surface area contributed by atoms with E-state index in [0.29, 0.717) is 6.42 Å². The SMILES string of the molecule is COC(=O)CC(O)c1c(F)c(C)c(F)c(F)c1CCCCCCCCc1ccccc1. The van der Waals surface area contributed by atoms with Crippen molar-refractivity contribution in [1.29, 1.82) is 0 Å². The standard InChI is InChI=1S/C25H31F3O3/c1-17-23(26)22(20(29)16-21(30)31-2)19(25(28)24(17)27)15-11-6-4-3-5-8-12-18-13-9-7-10-14-18/h7,9-10,13-14,20,29H,3-6,8,11-12,15-16H2,1-2H3. The number of carbonyl (C=O) groups is 1. The lowest BCUT2D eigenvalue weighted by Crippen LogP contribution is -2.15. The Kier molecular flexibility index (Phi) is 10.0. The van der Waals surface area contributed by atoms with Crippen LogP contribution >= 0.6 is 0 Å². The summed E-state index contributed by atoms with van der Waals surface area (Å²) in [5, 5.41) is 10.3. The molecule has 2 aromatic rings. The fraction of sp³-hybridized carbons (Fsp3) is 0.480. The zero-order valence-corrected chi connectivity index (χ0v) is 18.2. The number of esters is 1. The molecular formula is C25H31F3O3. The molecule has 0 aliphatic heterocycles. The van der Waals surface area contributed by atoms with Gasteiger partial charge in [0.05, 0.1) is 19.6 Å². The van der Waals surface area contributed by atoms with Crippen LogP contribution in [-0.2, 0) is 22.4 Å². The monoisotopic (exact) mass is 436 g/mol. The summed E-state index contributed by atoms with van der Waals surface area (Å²) in [5.41, 5.74) is 0.281. The summed E-state index contributed by atoms with van der Waals surface area (Å²) in [4.78, 5) is 11.5. The summed E-state index contributed by atoms with van der Waals surface area (Å²) in [5.74, 6) is -4.16. The minimum absolute atomic E-state index is 0.0948. The van der Waals surface area contributed by atoms with E-state index in [0.717, 1.165) is 52.6 Å². The second-order valence-corrected chi connectivity index (χ2v) is 7.86. The van der Waals surface area contributed by atoms with Gasteiger partial charge in [-0.3, -0.25) is 4.79 Å². The Morgan fingerprint density at radius 3 is 2.10 bits per heavy atom. The zero-order valence-electron chi connectivity index (χ0n) is 18.2. The highest BCUT2D eigenvalue weighted by Crippen LogP contribution is 2.32. The highest BCUT2D eigenvalue weighted by molar-refractivity contribution is 5.70. The summed E-state index contributed by atoms with van der Waals surface area (Å²) in [6, 6.07) is 10.3. The largest absolute Gasteiger partial charge is 0.469 e. The molecule has 1 atom stereocenters. The van der Waals surface area contributed by atoms with E-state index < -0.39 is 41.5 Å². The third-order valence-electron chi connectivity index (χ3n) is 5.58. The number of benzene rings is 2. The number of unbranched alkanes of at least 4 members (excludes halogenated alkanes) is 5. The lowest BCUT2D eigenvalue weighted by Gasteiger charge is -2.19. The first-order valence-corrected chi connectivity index (χ1v) is 10.8. The van der Waals surface area contributed by atoms with Crippen LogP contribution in [0.25, 0.3) is 0 Å². The first-order valence-electron chi connectivity index (χ1n) is 10.8. The lowest BCUT2D eigenvalue weighted by atomic mass is 9.92. The van der Waals surface area contributed by atoms with Gasteiger partial charge in [0.2, 0.25) is 0 Å². The molecule has 31 heavy (non-hydrogen) atoms. The summed E-state index contributed by atoms with van der Waals surface area (Å²) < 4.78 is 47.8. The maximum Gasteiger partial charge on any atom is 0.308 e. The van der Waals surface area contributed by atoms with Gasteiger partial charge in [-0.05, 0) is 43.7 Å². The molecule has 0 saturated carbocycles. The number of aliphatic hydroxyl groups is 1. The van der Waals surface area contributed by atoms with Gasteiger partial charge in [-0.2, -0.15) is 0 Å². The van der Waals surface area contributed by atoms with Crippen LogP contribution in [0.15, 0.2) is 30.3 Å². The smallest absolute Gasteiger partial charge is 0.308 e. The number of halogens is 3. The molecule has 0 radical (unpaired) electrons. The van der Waals surface area contributed by atoms with Crippen molar-refractivity contribution in [2.45, 2.75) is 70.8 Å². The topological polar surface area (TPSA) is 46.5 Å². The zero-order chi connectivity index (χ0) is 22.8. The Bertz CT molecular complexity index is 853. The number of rotatable bonds is 12. The van der Waals surface area contributed by atoms with E-state index in [-0.39, 0.29) is 17.5 Å². The second-order valence-electron chi connectivity index (χ2n) is 7.86. The van der Waals surface area contributed by atoms with Gasteiger partial charge in [0.25, 0.3) is 0 Å². The highest BCUT2D eigenvalue weighted by atomic mass is 19.2. The van der Waals surface area contributed by atoms with Crippen LogP contribution in [0.4, 0.5) is 13.2 Å². The number of hydrogen-bond acceptors (Lipinski definition) is 3. The van der Waals surface area contributed by atoms with E-state index in [1.54, 1.807) is 0 Å². The minimum Gasteiger partial charge on any atom is -0.469 e. The van der Waals surface area contributed by atoms with E-state index in [2.05, 4.69) is 16.9 Å². The average Bonchev–Trinajstić information content (AvgIpc) is 2.77. The Labute approximate surface area is 182 Å². The number of hydrogen-bond donors (Lipinski definition) is 1. The third kappa shape index (κ3) is 7.10. The molecule has 0 spiro atoms. The van der Waals surface area contributed by atoms with Gasteiger partial charge in [-0.15, -0.1) is 0 Å². The molecule has 0 heterocycles. The molecule has 0 fully saturated rings. The van der Waals surface area contributed by atoms with Crippen molar-refractivity contribution in [3.63, 3.8) is 0 Å². The lowest BCUT2D eigenvalue weighted by molar-refractivity contribution is -0.142. The Morgan fingerprint density at radius 1 is 0.903 bits per heavy atom. The number of carbonyl (C=O) groups excluding carboxylic acids is 1. The molecule has 1 N–H and O–H groups in total. The summed E-state index contributed by atoms with van der Waals surface area (Å²) >= 11 is 0. The van der Waals surface area contributed by atoms with E-state index in [1.165, 1.54) is 5.56 Å². The van der Waals surface area contributed by atoms with Crippen LogP contribution in [0.1, 0.15) is 73.3 Å². The van der Waals surface area contributed by atoms with Gasteiger partial charge in [-0.1, -0.05) is 56.0 Å². The number of aliphatic hydroxyl groups excluding tert-OH is 1. The van der Waals surface area contributed by atoms with Crippen LogP contribution in [0.2, 0.25) is 0 Å². The summed E-state index contributed by atoms with van der Waals surface area (Å²) in [7, 11) is 1.14. The molecule has 170 valence electrons. The molecular weight excluding hydrogens is 405 g/mol. The van der Waals surface area contributed by atoms with Gasteiger partial charge >= 0.3 is 5.97 Å². The van der Waals surface area contributed by atoms with Crippen molar-refractivity contribution in [3.05, 3.63) is 70.0 Å². The third-order valence-corrected chi connectivity index (χ3v) is 5.58. The predicted molar refractivity (Wildman–Crippen MR) is 114 cm³/mol. The van der Waals surface area contributed by atoms with Gasteiger partial charge in [0.15, 0.2) is 11.6 Å². The van der Waals surface area contributed by atoms with Crippen LogP contribution in [0.3, 0.4) is 0 Å². The van der Waals surface area contributed by atoms with Crippen LogP contribution < -0.4 is 0 Å². The number of ether oxygens (including phenoxy) is 1. The maximum atomic E-state index is 14.6. The van der Waals surface area contributed by atoms with Gasteiger partial charge < -0.3 is 9.84 Å². The van der Waals surface area contributed by atoms with Crippen molar-refractivity contribution in [3.8, 4) is 0 Å². The van der Waals surface area contributed by atoms with Gasteiger partial charge in [-0.25, -0.2) is 13.2 Å². The second kappa shape index (κ2) is 12.5. The van der Waals surface area contributed by atoms with E-state index in [4.69, 9.17) is 0 Å². The Morgan fingerprint density at radius 2 is 1.48 bits per heavy atom. The summed E-state index contributed by atoms with van der Waals surface area (Å²) in [6.45, 7) is 1.11. The maximum absolute atomic E-state index is 14.6. The highest BCUT2D eigenvalue weighted by Gasteiger charge is 2.28. The van der Waals surface area contributed by atoms with Crippen molar-refractivity contribution in [2.75, 3.05) is 7.11 Å². The molecule has 0 saturated heterocycles. The molecule has 0 aliphatic carbocycles. The quantitative estimate of drug-likeness (QED) is 0.247. The molecule has 6 heteroatoms. The van der Waals surface area contributed by atoms with Crippen LogP contribution in [-0.4, -0.2) is 18.2 Å². The number of methoxy groups -OCH3 is 1. The Hall–Kier alpha value is -2.34. The fourth-order valence-electron chi connectivity index (χ4n) is 3.76. The van der Waals surface area contributed by atoms with Crippen LogP contribution in [0, 0.1) is 24.4 Å². The first kappa shape index (κ1) is 24.9. The molecule has 0 bridgehead atoms. The first-order chi connectivity index (χ1) is 14.9. The van der Waals surface area contributed by atoms with Crippen molar-refractivity contribution >= 4 is 5.97 Å². The molecule has 0 amide bonds. The molecule has 1 unspecified atom stereocenters. The predicted octanol–water partition coefficient (Wildman–Crippen LogP) is 6.13. The van der Waals surface area contributed by atoms with Crippen molar-refractivity contribution in [2.24, 2.45) is 0 Å². The van der Waals surface area contributed by atoms with Crippen molar-refractivity contribution < 1.29 is 27.8 Å². The normalized spacial score (nSPS) is 12.1. The van der Waals surface area contributed by atoms with Gasteiger partial charge in [0.1, 0.15) is 5.82 Å². The fourth-order valence-corrected chi connectivity index (χ4v) is 3.76. The van der Waals surface area contributed by atoms with E-state index >= 15 is 0 Å². The molecule has 0 aliphatic rings. The van der Waals surface area contributed by atoms with E-state index in [1.807, 2.05) is 18.2 Å². The Balaban J connectivity index is 1.89. The molecule has 0 aromatic heterocycles. The molecule has 2 rings (SSSR count). The molecule has 3 nitrogen and oxygen atoms in total. The number of aryl methyl sites for hydroxylation is 1. The summed E-state index contributed by atoms with van der Waals surface area (Å²) in [6.07, 6.45) is 4.49. The van der Waals surface area contributed by atoms with Crippen molar-refractivity contribution in [1.82, 2.24) is 0 Å². The molecule has 2 aromatic carbocycles. The van der Waals surface area contributed by atoms with E-state index in [9.17, 15) is 23.1 Å². The van der Waals surface area contributed by atoms with Gasteiger partial charge in [0, 0.05) is 11.1 Å².